The maximum Gasteiger partial charge on any atom is 0.168 e. The van der Waals surface area contributed by atoms with Gasteiger partial charge in [0.1, 0.15) is 0 Å². The van der Waals surface area contributed by atoms with E-state index in [0.717, 1.165) is 25.5 Å². The van der Waals surface area contributed by atoms with Crippen molar-refractivity contribution in [2.45, 2.75) is 44.6 Å². The molecule has 104 valence electrons. The van der Waals surface area contributed by atoms with Crippen molar-refractivity contribution in [1.82, 2.24) is 4.98 Å². The fraction of sp³-hybridized carbons (Fsp3) is 0.643. The van der Waals surface area contributed by atoms with Crippen molar-refractivity contribution in [2.75, 3.05) is 17.2 Å². The summed E-state index contributed by atoms with van der Waals surface area (Å²) in [4.78, 5) is 5.93. The molecule has 3 rings (SSSR count). The molecule has 2 heterocycles. The molecule has 0 amide bonds. The SMILES string of the molecule is Nc1nc(N2CCCC2C2CCCC2)c(F)cc1F. The molecule has 2 N–H and O–H groups in total. The van der Waals surface area contributed by atoms with Gasteiger partial charge in [-0.1, -0.05) is 12.8 Å². The Labute approximate surface area is 111 Å². The summed E-state index contributed by atoms with van der Waals surface area (Å²) in [5.74, 6) is -0.744. The summed E-state index contributed by atoms with van der Waals surface area (Å²) < 4.78 is 27.1. The van der Waals surface area contributed by atoms with Crippen molar-refractivity contribution < 1.29 is 8.78 Å². The van der Waals surface area contributed by atoms with E-state index in [1.807, 2.05) is 4.90 Å². The highest BCUT2D eigenvalue weighted by molar-refractivity contribution is 5.48. The molecule has 1 unspecified atom stereocenters. The predicted octanol–water partition coefficient (Wildman–Crippen LogP) is 3.10. The number of pyridine rings is 1. The van der Waals surface area contributed by atoms with Gasteiger partial charge in [-0.15, -0.1) is 0 Å². The fourth-order valence-corrected chi connectivity index (χ4v) is 3.56. The van der Waals surface area contributed by atoms with Crippen molar-refractivity contribution in [3.63, 3.8) is 0 Å². The Kier molecular flexibility index (Phi) is 3.29. The van der Waals surface area contributed by atoms with Gasteiger partial charge >= 0.3 is 0 Å². The number of nitrogens with two attached hydrogens (primary N) is 1. The van der Waals surface area contributed by atoms with Gasteiger partial charge in [0.2, 0.25) is 0 Å². The number of aromatic nitrogens is 1. The lowest BCUT2D eigenvalue weighted by molar-refractivity contribution is 0.425. The highest BCUT2D eigenvalue weighted by atomic mass is 19.1. The molecule has 5 heteroatoms. The first-order valence-electron chi connectivity index (χ1n) is 7.05. The molecule has 3 nitrogen and oxygen atoms in total. The third kappa shape index (κ3) is 2.26. The fourth-order valence-electron chi connectivity index (χ4n) is 3.56. The van der Waals surface area contributed by atoms with E-state index in [0.29, 0.717) is 12.0 Å². The Morgan fingerprint density at radius 3 is 2.58 bits per heavy atom. The predicted molar refractivity (Wildman–Crippen MR) is 70.9 cm³/mol. The number of hydrogen-bond acceptors (Lipinski definition) is 3. The summed E-state index contributed by atoms with van der Waals surface area (Å²) in [5, 5.41) is 0. The molecule has 1 aromatic heterocycles. The Morgan fingerprint density at radius 2 is 1.84 bits per heavy atom. The lowest BCUT2D eigenvalue weighted by atomic mass is 9.96. The molecular weight excluding hydrogens is 248 g/mol. The van der Waals surface area contributed by atoms with Gasteiger partial charge in [-0.05, 0) is 31.6 Å². The normalized spacial score (nSPS) is 24.3. The molecule has 1 aliphatic heterocycles. The van der Waals surface area contributed by atoms with Gasteiger partial charge in [0, 0.05) is 18.7 Å². The third-order valence-corrected chi connectivity index (χ3v) is 4.45. The summed E-state index contributed by atoms with van der Waals surface area (Å²) >= 11 is 0. The van der Waals surface area contributed by atoms with Crippen LogP contribution in [0.4, 0.5) is 20.4 Å². The minimum atomic E-state index is -0.780. The summed E-state index contributed by atoms with van der Waals surface area (Å²) in [6.45, 7) is 0.788. The van der Waals surface area contributed by atoms with Gasteiger partial charge < -0.3 is 10.6 Å². The molecule has 2 aliphatic rings. The highest BCUT2D eigenvalue weighted by Gasteiger charge is 2.35. The lowest BCUT2D eigenvalue weighted by Gasteiger charge is -2.30. The lowest BCUT2D eigenvalue weighted by Crippen LogP contribution is -2.36. The van der Waals surface area contributed by atoms with E-state index in [2.05, 4.69) is 4.98 Å². The number of anilines is 2. The first kappa shape index (κ1) is 12.6. The van der Waals surface area contributed by atoms with E-state index in [9.17, 15) is 8.78 Å². The summed E-state index contributed by atoms with van der Waals surface area (Å²) in [7, 11) is 0. The second kappa shape index (κ2) is 4.94. The molecule has 1 atom stereocenters. The number of hydrogen-bond donors (Lipinski definition) is 1. The molecule has 1 aliphatic carbocycles. The first-order valence-corrected chi connectivity index (χ1v) is 7.05. The van der Waals surface area contributed by atoms with E-state index in [1.54, 1.807) is 0 Å². The third-order valence-electron chi connectivity index (χ3n) is 4.45. The Bertz CT molecular complexity index is 472. The van der Waals surface area contributed by atoms with E-state index < -0.39 is 11.6 Å². The second-order valence-corrected chi connectivity index (χ2v) is 5.61. The van der Waals surface area contributed by atoms with Crippen LogP contribution in [0, 0.1) is 17.6 Å². The molecule has 0 radical (unpaired) electrons. The van der Waals surface area contributed by atoms with Gasteiger partial charge in [-0.3, -0.25) is 0 Å². The van der Waals surface area contributed by atoms with Crippen LogP contribution in [0.25, 0.3) is 0 Å². The number of nitrogen functional groups attached to an aromatic ring is 1. The van der Waals surface area contributed by atoms with Crippen LogP contribution >= 0.6 is 0 Å². The Hall–Kier alpha value is -1.39. The van der Waals surface area contributed by atoms with Crippen molar-refractivity contribution in [1.29, 1.82) is 0 Å². The highest BCUT2D eigenvalue weighted by Crippen LogP contribution is 2.38. The van der Waals surface area contributed by atoms with Crippen LogP contribution in [0.15, 0.2) is 6.07 Å². The standard InChI is InChI=1S/C14H19F2N3/c15-10-8-11(16)14(18-13(10)17)19-7-3-6-12(19)9-4-1-2-5-9/h8-9,12H,1-7H2,(H2,17,18). The maximum absolute atomic E-state index is 13.9. The Morgan fingerprint density at radius 1 is 1.11 bits per heavy atom. The topological polar surface area (TPSA) is 42.1 Å². The maximum atomic E-state index is 13.9. The summed E-state index contributed by atoms with van der Waals surface area (Å²) in [5.41, 5.74) is 5.48. The monoisotopic (exact) mass is 267 g/mol. The molecule has 1 saturated carbocycles. The van der Waals surface area contributed by atoms with Crippen LogP contribution in [-0.2, 0) is 0 Å². The number of halogens is 2. The molecule has 0 bridgehead atoms. The van der Waals surface area contributed by atoms with Crippen molar-refractivity contribution in [2.24, 2.45) is 5.92 Å². The van der Waals surface area contributed by atoms with Crippen LogP contribution in [-0.4, -0.2) is 17.6 Å². The zero-order chi connectivity index (χ0) is 13.4. The van der Waals surface area contributed by atoms with E-state index >= 15 is 0 Å². The van der Waals surface area contributed by atoms with E-state index in [4.69, 9.17) is 5.73 Å². The van der Waals surface area contributed by atoms with Gasteiger partial charge in [0.05, 0.1) is 0 Å². The van der Waals surface area contributed by atoms with Crippen LogP contribution in [0.5, 0.6) is 0 Å². The van der Waals surface area contributed by atoms with Crippen molar-refractivity contribution >= 4 is 11.6 Å². The molecule has 0 spiro atoms. The van der Waals surface area contributed by atoms with Crippen molar-refractivity contribution in [3.05, 3.63) is 17.7 Å². The largest absolute Gasteiger partial charge is 0.381 e. The Balaban J connectivity index is 1.89. The number of rotatable bonds is 2. The first-order chi connectivity index (χ1) is 9.16. The number of nitrogens with zero attached hydrogens (tertiary/aromatic N) is 2. The van der Waals surface area contributed by atoms with Crippen LogP contribution in [0.1, 0.15) is 38.5 Å². The molecule has 1 aromatic rings. The minimum Gasteiger partial charge on any atom is -0.381 e. The average molecular weight is 267 g/mol. The molecule has 0 aromatic carbocycles. The zero-order valence-electron chi connectivity index (χ0n) is 10.9. The minimum absolute atomic E-state index is 0.214. The van der Waals surface area contributed by atoms with Crippen LogP contribution in [0.3, 0.4) is 0 Å². The average Bonchev–Trinajstić information content (AvgIpc) is 3.03. The molecule has 2 fully saturated rings. The molecule has 19 heavy (non-hydrogen) atoms. The van der Waals surface area contributed by atoms with Gasteiger partial charge in [-0.25, -0.2) is 13.8 Å². The second-order valence-electron chi connectivity index (χ2n) is 5.61. The van der Waals surface area contributed by atoms with E-state index in [-0.39, 0.29) is 11.6 Å². The molecular formula is C14H19F2N3. The van der Waals surface area contributed by atoms with E-state index in [1.165, 1.54) is 25.7 Å². The summed E-state index contributed by atoms with van der Waals surface area (Å²) in [6, 6.07) is 1.19. The van der Waals surface area contributed by atoms with Gasteiger partial charge in [0.25, 0.3) is 0 Å². The zero-order valence-corrected chi connectivity index (χ0v) is 10.9. The smallest absolute Gasteiger partial charge is 0.168 e. The summed E-state index contributed by atoms with van der Waals surface area (Å²) in [6.07, 6.45) is 7.05. The van der Waals surface area contributed by atoms with Crippen LogP contribution < -0.4 is 10.6 Å². The van der Waals surface area contributed by atoms with Gasteiger partial charge in [0.15, 0.2) is 23.3 Å². The quantitative estimate of drug-likeness (QED) is 0.895. The van der Waals surface area contributed by atoms with Crippen LogP contribution in [0.2, 0.25) is 0 Å². The van der Waals surface area contributed by atoms with Gasteiger partial charge in [-0.2, -0.15) is 0 Å². The van der Waals surface area contributed by atoms with Crippen molar-refractivity contribution in [3.8, 4) is 0 Å². The molecule has 1 saturated heterocycles.